The van der Waals surface area contributed by atoms with Gasteiger partial charge in [-0.05, 0) is 25.3 Å². The van der Waals surface area contributed by atoms with Crippen molar-refractivity contribution in [2.45, 2.75) is 12.5 Å². The summed E-state index contributed by atoms with van der Waals surface area (Å²) in [5, 5.41) is 12.7. The lowest BCUT2D eigenvalue weighted by Gasteiger charge is -2.22. The second kappa shape index (κ2) is 6.66. The Balaban J connectivity index is 2.66. The second-order valence-electron chi connectivity index (χ2n) is 4.31. The molecule has 0 aliphatic rings. The van der Waals surface area contributed by atoms with Crippen molar-refractivity contribution in [1.82, 2.24) is 5.32 Å². The maximum atomic E-state index is 12.0. The minimum atomic E-state index is -0.906. The van der Waals surface area contributed by atoms with Crippen molar-refractivity contribution >= 4 is 17.7 Å². The van der Waals surface area contributed by atoms with Crippen LogP contribution in [-0.4, -0.2) is 42.3 Å². The van der Waals surface area contributed by atoms with Crippen LogP contribution < -0.4 is 10.1 Å². The van der Waals surface area contributed by atoms with Gasteiger partial charge in [0.15, 0.2) is 0 Å². The summed E-state index contributed by atoms with van der Waals surface area (Å²) >= 11 is 1.54. The number of methoxy groups -OCH3 is 1. The Morgan fingerprint density at radius 2 is 2.17 bits per heavy atom. The molecular weight excluding hydrogens is 250 g/mol. The van der Waals surface area contributed by atoms with Crippen LogP contribution in [-0.2, 0) is 0 Å². The third-order valence-electron chi connectivity index (χ3n) is 2.44. The number of amides is 1. The lowest BCUT2D eigenvalue weighted by Crippen LogP contribution is -2.42. The Morgan fingerprint density at radius 3 is 2.78 bits per heavy atom. The molecule has 5 heteroatoms. The Hall–Kier alpha value is -1.20. The molecule has 0 aromatic heterocycles. The van der Waals surface area contributed by atoms with Gasteiger partial charge in [0.05, 0.1) is 18.3 Å². The van der Waals surface area contributed by atoms with E-state index in [2.05, 4.69) is 5.32 Å². The standard InChI is InChI=1S/C13H19NO3S/c1-13(16,9-18-3)8-14-12(15)10-6-4-5-7-11(10)17-2/h4-7,16H,8-9H2,1-3H3,(H,14,15). The summed E-state index contributed by atoms with van der Waals surface area (Å²) < 4.78 is 5.12. The number of rotatable bonds is 6. The van der Waals surface area contributed by atoms with Crippen LogP contribution in [0.5, 0.6) is 5.75 Å². The van der Waals surface area contributed by atoms with Crippen molar-refractivity contribution in [3.63, 3.8) is 0 Å². The first-order chi connectivity index (χ1) is 8.50. The van der Waals surface area contributed by atoms with Gasteiger partial charge in [0.25, 0.3) is 5.91 Å². The first-order valence-electron chi connectivity index (χ1n) is 5.63. The lowest BCUT2D eigenvalue weighted by atomic mass is 10.1. The molecular formula is C13H19NO3S. The maximum absolute atomic E-state index is 12.0. The normalized spacial score (nSPS) is 13.8. The number of thioether (sulfide) groups is 1. The number of para-hydroxylation sites is 1. The number of ether oxygens (including phenoxy) is 1. The monoisotopic (exact) mass is 269 g/mol. The fourth-order valence-corrected chi connectivity index (χ4v) is 2.28. The van der Waals surface area contributed by atoms with E-state index in [-0.39, 0.29) is 12.5 Å². The smallest absolute Gasteiger partial charge is 0.255 e. The highest BCUT2D eigenvalue weighted by Gasteiger charge is 2.21. The molecule has 1 amide bonds. The van der Waals surface area contributed by atoms with Crippen molar-refractivity contribution in [1.29, 1.82) is 0 Å². The van der Waals surface area contributed by atoms with Crippen molar-refractivity contribution in [3.8, 4) is 5.75 Å². The van der Waals surface area contributed by atoms with E-state index < -0.39 is 5.60 Å². The zero-order valence-electron chi connectivity index (χ0n) is 10.9. The molecule has 18 heavy (non-hydrogen) atoms. The van der Waals surface area contributed by atoms with Crippen LogP contribution in [0.2, 0.25) is 0 Å². The molecule has 0 radical (unpaired) electrons. The quantitative estimate of drug-likeness (QED) is 0.822. The van der Waals surface area contributed by atoms with Crippen molar-refractivity contribution < 1.29 is 14.6 Å². The molecule has 0 bridgehead atoms. The van der Waals surface area contributed by atoms with Crippen LogP contribution >= 0.6 is 11.8 Å². The number of carbonyl (C=O) groups is 1. The van der Waals surface area contributed by atoms with E-state index >= 15 is 0 Å². The largest absolute Gasteiger partial charge is 0.496 e. The van der Waals surface area contributed by atoms with Gasteiger partial charge in [0, 0.05) is 12.3 Å². The van der Waals surface area contributed by atoms with Crippen molar-refractivity contribution in [2.75, 3.05) is 25.7 Å². The lowest BCUT2D eigenvalue weighted by molar-refractivity contribution is 0.0723. The van der Waals surface area contributed by atoms with Crippen LogP contribution in [0.25, 0.3) is 0 Å². The summed E-state index contributed by atoms with van der Waals surface area (Å²) in [5.74, 6) is 0.854. The Labute approximate surface area is 112 Å². The van der Waals surface area contributed by atoms with E-state index in [4.69, 9.17) is 4.74 Å². The van der Waals surface area contributed by atoms with E-state index in [1.54, 1.807) is 31.2 Å². The number of hydrogen-bond acceptors (Lipinski definition) is 4. The highest BCUT2D eigenvalue weighted by atomic mass is 32.2. The fraction of sp³-hybridized carbons (Fsp3) is 0.462. The van der Waals surface area contributed by atoms with Gasteiger partial charge in [-0.15, -0.1) is 0 Å². The van der Waals surface area contributed by atoms with Crippen molar-refractivity contribution in [3.05, 3.63) is 29.8 Å². The molecule has 0 heterocycles. The third kappa shape index (κ3) is 4.23. The number of nitrogens with one attached hydrogen (secondary N) is 1. The Kier molecular flexibility index (Phi) is 5.50. The molecule has 100 valence electrons. The van der Waals surface area contributed by atoms with Gasteiger partial charge in [0.1, 0.15) is 5.75 Å². The number of aliphatic hydroxyl groups is 1. The van der Waals surface area contributed by atoms with Crippen molar-refractivity contribution in [2.24, 2.45) is 0 Å². The number of hydrogen-bond donors (Lipinski definition) is 2. The molecule has 1 aromatic rings. The third-order valence-corrected chi connectivity index (χ3v) is 3.35. The minimum absolute atomic E-state index is 0.213. The SMILES string of the molecule is COc1ccccc1C(=O)NCC(C)(O)CSC. The molecule has 0 saturated carbocycles. The summed E-state index contributed by atoms with van der Waals surface area (Å²) in [7, 11) is 1.52. The van der Waals surface area contributed by atoms with Crippen LogP contribution in [0.1, 0.15) is 17.3 Å². The Bertz CT molecular complexity index is 407. The van der Waals surface area contributed by atoms with Gasteiger partial charge in [-0.1, -0.05) is 12.1 Å². The minimum Gasteiger partial charge on any atom is -0.496 e. The highest BCUT2D eigenvalue weighted by Crippen LogP contribution is 2.17. The molecule has 4 nitrogen and oxygen atoms in total. The topological polar surface area (TPSA) is 58.6 Å². The highest BCUT2D eigenvalue weighted by molar-refractivity contribution is 7.98. The van der Waals surface area contributed by atoms with Gasteiger partial charge in [-0.2, -0.15) is 11.8 Å². The summed E-state index contributed by atoms with van der Waals surface area (Å²) in [4.78, 5) is 12.0. The first-order valence-corrected chi connectivity index (χ1v) is 7.02. The fourth-order valence-electron chi connectivity index (χ4n) is 1.56. The van der Waals surface area contributed by atoms with E-state index in [0.717, 1.165) is 0 Å². The van der Waals surface area contributed by atoms with Gasteiger partial charge in [-0.25, -0.2) is 0 Å². The molecule has 0 aliphatic heterocycles. The Morgan fingerprint density at radius 1 is 1.50 bits per heavy atom. The molecule has 1 aromatic carbocycles. The van der Waals surface area contributed by atoms with Crippen LogP contribution in [0.15, 0.2) is 24.3 Å². The van der Waals surface area contributed by atoms with Crippen LogP contribution in [0.4, 0.5) is 0 Å². The summed E-state index contributed by atoms with van der Waals surface area (Å²) in [6, 6.07) is 7.00. The van der Waals surface area contributed by atoms with Crippen LogP contribution in [0.3, 0.4) is 0 Å². The van der Waals surface area contributed by atoms with Gasteiger partial charge in [-0.3, -0.25) is 4.79 Å². The summed E-state index contributed by atoms with van der Waals surface area (Å²) in [5.41, 5.74) is -0.433. The molecule has 0 aliphatic carbocycles. The van der Waals surface area contributed by atoms with Crippen LogP contribution in [0, 0.1) is 0 Å². The van der Waals surface area contributed by atoms with Gasteiger partial charge < -0.3 is 15.2 Å². The summed E-state index contributed by atoms with van der Waals surface area (Å²) in [6.07, 6.45) is 1.91. The van der Waals surface area contributed by atoms with E-state index in [1.807, 2.05) is 6.26 Å². The molecule has 0 fully saturated rings. The predicted octanol–water partition coefficient (Wildman–Crippen LogP) is 1.54. The second-order valence-corrected chi connectivity index (χ2v) is 5.18. The number of carbonyl (C=O) groups excluding carboxylic acids is 1. The zero-order valence-corrected chi connectivity index (χ0v) is 11.7. The van der Waals surface area contributed by atoms with E-state index in [0.29, 0.717) is 17.1 Å². The first kappa shape index (κ1) is 14.9. The van der Waals surface area contributed by atoms with E-state index in [1.165, 1.54) is 18.9 Å². The molecule has 0 spiro atoms. The summed E-state index contributed by atoms with van der Waals surface area (Å²) in [6.45, 7) is 1.91. The predicted molar refractivity (Wildman–Crippen MR) is 74.3 cm³/mol. The molecule has 1 rings (SSSR count). The molecule has 0 saturated heterocycles. The average molecular weight is 269 g/mol. The maximum Gasteiger partial charge on any atom is 0.255 e. The zero-order chi connectivity index (χ0) is 13.6. The van der Waals surface area contributed by atoms with E-state index in [9.17, 15) is 9.90 Å². The molecule has 2 N–H and O–H groups in total. The number of benzene rings is 1. The van der Waals surface area contributed by atoms with Gasteiger partial charge >= 0.3 is 0 Å². The molecule has 1 unspecified atom stereocenters. The molecule has 1 atom stereocenters. The van der Waals surface area contributed by atoms with Gasteiger partial charge in [0.2, 0.25) is 0 Å². The average Bonchev–Trinajstić information content (AvgIpc) is 2.36.